The highest BCUT2D eigenvalue weighted by atomic mass is 35.5. The fourth-order valence-electron chi connectivity index (χ4n) is 3.29. The second-order valence-corrected chi connectivity index (χ2v) is 9.50. The Morgan fingerprint density at radius 1 is 1.26 bits per heavy atom. The molecule has 0 aliphatic carbocycles. The van der Waals surface area contributed by atoms with Crippen LogP contribution >= 0.6 is 11.6 Å². The first kappa shape index (κ1) is 23.2. The summed E-state index contributed by atoms with van der Waals surface area (Å²) in [6.45, 7) is 0.860. The molecule has 1 N–H and O–H groups in total. The van der Waals surface area contributed by atoms with Crippen LogP contribution in [0.3, 0.4) is 0 Å². The molecule has 31 heavy (non-hydrogen) atoms. The van der Waals surface area contributed by atoms with Crippen molar-refractivity contribution in [2.24, 2.45) is 7.05 Å². The number of aryl methyl sites for hydroxylation is 1. The quantitative estimate of drug-likeness (QED) is 0.638. The molecule has 0 saturated carbocycles. The summed E-state index contributed by atoms with van der Waals surface area (Å²) in [5, 5.41) is 6.94. The normalized spacial score (nSPS) is 15.3. The molecule has 1 saturated heterocycles. The molecule has 0 spiro atoms. The fraction of sp³-hybridized carbons (Fsp3) is 0.421. The Morgan fingerprint density at radius 3 is 2.52 bits per heavy atom. The lowest BCUT2D eigenvalue weighted by molar-refractivity contribution is -0.0258. The highest BCUT2D eigenvalue weighted by molar-refractivity contribution is 7.89. The number of nitrogens with zero attached hydrogens (tertiary/aromatic N) is 4. The number of nitrogens with one attached hydrogen (secondary N) is 1. The summed E-state index contributed by atoms with van der Waals surface area (Å²) in [5.74, 6) is -0.502. The maximum atomic E-state index is 12.9. The SMILES string of the molecule is CON(C)S(=O)(=O)c1cc(C(=O)N2CCC(NC(=O)c3cnn(C)c3)CC2)ccc1Cl. The Kier molecular flexibility index (Phi) is 6.99. The van der Waals surface area contributed by atoms with Gasteiger partial charge in [0, 0.05) is 45.0 Å². The molecule has 0 radical (unpaired) electrons. The van der Waals surface area contributed by atoms with Crippen molar-refractivity contribution < 1.29 is 22.8 Å². The number of hydroxylamine groups is 1. The van der Waals surface area contributed by atoms with Crippen molar-refractivity contribution in [1.82, 2.24) is 24.5 Å². The molecule has 1 aromatic carbocycles. The van der Waals surface area contributed by atoms with Crippen molar-refractivity contribution in [2.75, 3.05) is 27.2 Å². The molecule has 0 unspecified atom stereocenters. The van der Waals surface area contributed by atoms with Gasteiger partial charge in [-0.05, 0) is 31.0 Å². The average Bonchev–Trinajstić information content (AvgIpc) is 3.19. The van der Waals surface area contributed by atoms with Gasteiger partial charge in [-0.15, -0.1) is 0 Å². The van der Waals surface area contributed by atoms with Gasteiger partial charge >= 0.3 is 0 Å². The molecular formula is C19H24ClN5O5S. The largest absolute Gasteiger partial charge is 0.349 e. The predicted molar refractivity (Wildman–Crippen MR) is 113 cm³/mol. The van der Waals surface area contributed by atoms with Gasteiger partial charge in [0.1, 0.15) is 4.90 Å². The zero-order chi connectivity index (χ0) is 22.8. The number of aromatic nitrogens is 2. The minimum Gasteiger partial charge on any atom is -0.349 e. The number of hydrogen-bond acceptors (Lipinski definition) is 6. The van der Waals surface area contributed by atoms with Gasteiger partial charge < -0.3 is 10.2 Å². The first-order valence-electron chi connectivity index (χ1n) is 9.55. The lowest BCUT2D eigenvalue weighted by atomic mass is 10.0. The average molecular weight is 470 g/mol. The maximum Gasteiger partial charge on any atom is 0.266 e. The van der Waals surface area contributed by atoms with Crippen LogP contribution in [-0.2, 0) is 21.9 Å². The Bertz CT molecular complexity index is 1080. The van der Waals surface area contributed by atoms with E-state index < -0.39 is 10.0 Å². The van der Waals surface area contributed by atoms with E-state index in [0.29, 0.717) is 36.0 Å². The van der Waals surface area contributed by atoms with E-state index in [4.69, 9.17) is 16.4 Å². The summed E-state index contributed by atoms with van der Waals surface area (Å²) < 4.78 is 27.3. The van der Waals surface area contributed by atoms with Gasteiger partial charge in [0.15, 0.2) is 0 Å². The number of carbonyl (C=O) groups excluding carboxylic acids is 2. The highest BCUT2D eigenvalue weighted by Crippen LogP contribution is 2.26. The number of likely N-dealkylation sites (tertiary alicyclic amines) is 1. The van der Waals surface area contributed by atoms with E-state index >= 15 is 0 Å². The molecule has 2 amide bonds. The van der Waals surface area contributed by atoms with Gasteiger partial charge in [0.25, 0.3) is 21.8 Å². The van der Waals surface area contributed by atoms with Crippen molar-refractivity contribution in [3.05, 3.63) is 46.7 Å². The number of carbonyl (C=O) groups is 2. The number of amides is 2. The van der Waals surface area contributed by atoms with Crippen LogP contribution in [0.15, 0.2) is 35.5 Å². The lowest BCUT2D eigenvalue weighted by Crippen LogP contribution is -2.46. The molecule has 168 valence electrons. The van der Waals surface area contributed by atoms with Crippen LogP contribution in [0.1, 0.15) is 33.6 Å². The highest BCUT2D eigenvalue weighted by Gasteiger charge is 2.28. The number of piperidine rings is 1. The molecular weight excluding hydrogens is 446 g/mol. The van der Waals surface area contributed by atoms with Crippen molar-refractivity contribution >= 4 is 33.4 Å². The summed E-state index contributed by atoms with van der Waals surface area (Å²) in [6.07, 6.45) is 4.31. The number of halogens is 1. The molecule has 12 heteroatoms. The van der Waals surface area contributed by atoms with E-state index in [1.54, 1.807) is 22.8 Å². The third kappa shape index (κ3) is 5.06. The molecule has 3 rings (SSSR count). The van der Waals surface area contributed by atoms with E-state index in [1.807, 2.05) is 0 Å². The molecule has 1 aliphatic rings. The second-order valence-electron chi connectivity index (χ2n) is 7.19. The number of benzene rings is 1. The van der Waals surface area contributed by atoms with Crippen LogP contribution in [0.5, 0.6) is 0 Å². The zero-order valence-corrected chi connectivity index (χ0v) is 19.0. The molecule has 0 atom stereocenters. The maximum absolute atomic E-state index is 12.9. The van der Waals surface area contributed by atoms with Crippen LogP contribution in [0.4, 0.5) is 0 Å². The monoisotopic (exact) mass is 469 g/mol. The summed E-state index contributed by atoms with van der Waals surface area (Å²) in [6, 6.07) is 4.07. The Labute approximate surface area is 185 Å². The van der Waals surface area contributed by atoms with E-state index in [0.717, 1.165) is 0 Å². The summed E-state index contributed by atoms with van der Waals surface area (Å²) >= 11 is 6.06. The first-order chi connectivity index (χ1) is 14.6. The van der Waals surface area contributed by atoms with E-state index in [-0.39, 0.29) is 33.3 Å². The van der Waals surface area contributed by atoms with E-state index in [1.165, 1.54) is 38.6 Å². The van der Waals surface area contributed by atoms with E-state index in [9.17, 15) is 18.0 Å². The Morgan fingerprint density at radius 2 is 1.94 bits per heavy atom. The van der Waals surface area contributed by atoms with Crippen LogP contribution in [0, 0.1) is 0 Å². The molecule has 1 aromatic heterocycles. The summed E-state index contributed by atoms with van der Waals surface area (Å²) in [7, 11) is 0.199. The predicted octanol–water partition coefficient (Wildman–Crippen LogP) is 1.29. The third-order valence-corrected chi connectivity index (χ3v) is 7.30. The Hall–Kier alpha value is -2.47. The topological polar surface area (TPSA) is 114 Å². The van der Waals surface area contributed by atoms with Crippen LogP contribution in [0.25, 0.3) is 0 Å². The minimum atomic E-state index is -4.00. The summed E-state index contributed by atoms with van der Waals surface area (Å²) in [5.41, 5.74) is 0.697. The standard InChI is InChI=1S/C19H24ClN5O5S/c1-23-12-14(11-21-23)18(26)22-15-6-8-25(9-7-15)19(27)13-4-5-16(20)17(10-13)31(28,29)24(2)30-3/h4-5,10-12,15H,6-9H2,1-3H3,(H,22,26). The van der Waals surface area contributed by atoms with Crippen LogP contribution in [-0.4, -0.2) is 72.7 Å². The van der Waals surface area contributed by atoms with Gasteiger partial charge in [-0.3, -0.25) is 19.1 Å². The first-order valence-corrected chi connectivity index (χ1v) is 11.4. The van der Waals surface area contributed by atoms with Gasteiger partial charge in [-0.1, -0.05) is 16.1 Å². The molecule has 1 fully saturated rings. The number of hydrogen-bond donors (Lipinski definition) is 1. The van der Waals surface area contributed by atoms with Crippen LogP contribution in [0.2, 0.25) is 5.02 Å². The summed E-state index contributed by atoms with van der Waals surface area (Å²) in [4.78, 5) is 31.4. The van der Waals surface area contributed by atoms with E-state index in [2.05, 4.69) is 10.4 Å². The van der Waals surface area contributed by atoms with Crippen LogP contribution < -0.4 is 5.32 Å². The zero-order valence-electron chi connectivity index (χ0n) is 17.4. The Balaban J connectivity index is 1.66. The fourth-order valence-corrected chi connectivity index (χ4v) is 4.76. The smallest absolute Gasteiger partial charge is 0.266 e. The van der Waals surface area contributed by atoms with Gasteiger partial charge in [-0.25, -0.2) is 8.42 Å². The van der Waals surface area contributed by atoms with Crippen molar-refractivity contribution in [3.8, 4) is 0 Å². The molecule has 0 bridgehead atoms. The third-order valence-electron chi connectivity index (χ3n) is 5.14. The van der Waals surface area contributed by atoms with Crippen molar-refractivity contribution in [2.45, 2.75) is 23.8 Å². The van der Waals surface area contributed by atoms with Crippen molar-refractivity contribution in [3.63, 3.8) is 0 Å². The number of rotatable bonds is 6. The molecule has 2 aromatic rings. The van der Waals surface area contributed by atoms with Gasteiger partial charge in [0.2, 0.25) is 0 Å². The van der Waals surface area contributed by atoms with Gasteiger partial charge in [-0.2, -0.15) is 5.10 Å². The van der Waals surface area contributed by atoms with Gasteiger partial charge in [0.05, 0.1) is 23.9 Å². The number of sulfonamides is 1. The lowest BCUT2D eigenvalue weighted by Gasteiger charge is -2.32. The second kappa shape index (κ2) is 9.35. The molecule has 10 nitrogen and oxygen atoms in total. The molecule has 2 heterocycles. The minimum absolute atomic E-state index is 0.00253. The molecule has 1 aliphatic heterocycles. The van der Waals surface area contributed by atoms with Crippen molar-refractivity contribution in [1.29, 1.82) is 0 Å².